The Morgan fingerprint density at radius 1 is 1.29 bits per heavy atom. The van der Waals surface area contributed by atoms with Crippen molar-refractivity contribution in [2.45, 2.75) is 30.6 Å². The Bertz CT molecular complexity index is 681. The number of hydrogen-bond acceptors (Lipinski definition) is 5. The molecule has 24 heavy (non-hydrogen) atoms. The van der Waals surface area contributed by atoms with Crippen molar-refractivity contribution in [2.75, 3.05) is 19.3 Å². The van der Waals surface area contributed by atoms with Crippen molar-refractivity contribution < 1.29 is 9.53 Å². The molecular formula is C18H21N3O2S. The van der Waals surface area contributed by atoms with E-state index in [4.69, 9.17) is 4.74 Å². The van der Waals surface area contributed by atoms with Gasteiger partial charge in [-0.25, -0.2) is 4.98 Å². The molecule has 0 spiro atoms. The summed E-state index contributed by atoms with van der Waals surface area (Å²) in [4.78, 5) is 23.2. The van der Waals surface area contributed by atoms with Crippen LogP contribution in [0.2, 0.25) is 0 Å². The van der Waals surface area contributed by atoms with Gasteiger partial charge in [-0.3, -0.25) is 9.78 Å². The van der Waals surface area contributed by atoms with E-state index in [-0.39, 0.29) is 12.0 Å². The monoisotopic (exact) mass is 343 g/mol. The van der Waals surface area contributed by atoms with Gasteiger partial charge in [-0.15, -0.1) is 11.8 Å². The summed E-state index contributed by atoms with van der Waals surface area (Å²) in [7, 11) is 0. The standard InChI is InChI=1S/C18H21N3O2S/c1-24-17-16(8-4-10-20-17)18(22)21-11-5-7-15(12-21)23-13-14-6-2-3-9-19-14/h2-4,6,8-10,15H,5,7,11-13H2,1H3. The average molecular weight is 343 g/mol. The van der Waals surface area contributed by atoms with Crippen LogP contribution in [-0.2, 0) is 11.3 Å². The third-order valence-corrected chi connectivity index (χ3v) is 4.77. The van der Waals surface area contributed by atoms with E-state index in [1.165, 1.54) is 11.8 Å². The van der Waals surface area contributed by atoms with Crippen molar-refractivity contribution in [3.05, 3.63) is 54.0 Å². The molecule has 5 nitrogen and oxygen atoms in total. The van der Waals surface area contributed by atoms with Crippen LogP contribution >= 0.6 is 11.8 Å². The van der Waals surface area contributed by atoms with Crippen LogP contribution in [0.5, 0.6) is 0 Å². The lowest BCUT2D eigenvalue weighted by Crippen LogP contribution is -2.43. The van der Waals surface area contributed by atoms with Crippen LogP contribution in [0.25, 0.3) is 0 Å². The van der Waals surface area contributed by atoms with Crippen molar-refractivity contribution in [3.63, 3.8) is 0 Å². The molecule has 126 valence electrons. The fraction of sp³-hybridized carbons (Fsp3) is 0.389. The molecule has 3 rings (SSSR count). The van der Waals surface area contributed by atoms with Gasteiger partial charge in [0.1, 0.15) is 5.03 Å². The topological polar surface area (TPSA) is 55.3 Å². The molecular weight excluding hydrogens is 322 g/mol. The summed E-state index contributed by atoms with van der Waals surface area (Å²) < 4.78 is 5.96. The Hall–Kier alpha value is -1.92. The number of hydrogen-bond donors (Lipinski definition) is 0. The van der Waals surface area contributed by atoms with Gasteiger partial charge in [0.25, 0.3) is 5.91 Å². The van der Waals surface area contributed by atoms with Crippen LogP contribution in [0.15, 0.2) is 47.8 Å². The maximum atomic E-state index is 12.8. The van der Waals surface area contributed by atoms with Gasteiger partial charge in [0.05, 0.1) is 24.0 Å². The zero-order valence-corrected chi connectivity index (χ0v) is 14.5. The second-order valence-corrected chi connectivity index (χ2v) is 6.50. The maximum Gasteiger partial charge on any atom is 0.256 e. The smallest absolute Gasteiger partial charge is 0.256 e. The number of carbonyl (C=O) groups is 1. The molecule has 0 N–H and O–H groups in total. The highest BCUT2D eigenvalue weighted by molar-refractivity contribution is 7.98. The predicted molar refractivity (Wildman–Crippen MR) is 94.0 cm³/mol. The molecule has 0 aliphatic carbocycles. The zero-order valence-electron chi connectivity index (χ0n) is 13.7. The molecule has 1 atom stereocenters. The first-order valence-corrected chi connectivity index (χ1v) is 9.30. The first-order valence-electron chi connectivity index (χ1n) is 8.07. The minimum atomic E-state index is 0.0404. The first kappa shape index (κ1) is 16.9. The van der Waals surface area contributed by atoms with E-state index in [0.717, 1.165) is 30.1 Å². The van der Waals surface area contributed by atoms with Crippen LogP contribution in [0, 0.1) is 0 Å². The van der Waals surface area contributed by atoms with Gasteiger partial charge in [0.15, 0.2) is 0 Å². The Kier molecular flexibility index (Phi) is 5.82. The first-order chi connectivity index (χ1) is 11.8. The summed E-state index contributed by atoms with van der Waals surface area (Å²) in [6.07, 6.45) is 7.40. The Labute approximate surface area is 146 Å². The van der Waals surface area contributed by atoms with Gasteiger partial charge in [-0.2, -0.15) is 0 Å². The van der Waals surface area contributed by atoms with Crippen LogP contribution in [0.1, 0.15) is 28.9 Å². The second kappa shape index (κ2) is 8.26. The number of pyridine rings is 2. The third-order valence-electron chi connectivity index (χ3n) is 4.05. The number of thioether (sulfide) groups is 1. The normalized spacial score (nSPS) is 17.7. The van der Waals surface area contributed by atoms with Gasteiger partial charge in [0.2, 0.25) is 0 Å². The van der Waals surface area contributed by atoms with Gasteiger partial charge in [0, 0.05) is 25.5 Å². The van der Waals surface area contributed by atoms with Crippen molar-refractivity contribution in [3.8, 4) is 0 Å². The number of carbonyl (C=O) groups excluding carboxylic acids is 1. The molecule has 1 aliphatic rings. The summed E-state index contributed by atoms with van der Waals surface area (Å²) in [5.74, 6) is 0.0404. The lowest BCUT2D eigenvalue weighted by atomic mass is 10.1. The van der Waals surface area contributed by atoms with Crippen molar-refractivity contribution in [1.29, 1.82) is 0 Å². The van der Waals surface area contributed by atoms with Gasteiger partial charge < -0.3 is 9.64 Å². The van der Waals surface area contributed by atoms with E-state index in [1.807, 2.05) is 41.5 Å². The molecule has 2 aromatic heterocycles. The fourth-order valence-corrected chi connectivity index (χ4v) is 3.37. The van der Waals surface area contributed by atoms with Gasteiger partial charge in [-0.1, -0.05) is 6.07 Å². The molecule has 1 unspecified atom stereocenters. The summed E-state index contributed by atoms with van der Waals surface area (Å²) in [5, 5.41) is 0.777. The highest BCUT2D eigenvalue weighted by Gasteiger charge is 2.26. The Balaban J connectivity index is 1.61. The highest BCUT2D eigenvalue weighted by Crippen LogP contribution is 2.22. The lowest BCUT2D eigenvalue weighted by Gasteiger charge is -2.33. The number of amides is 1. The quantitative estimate of drug-likeness (QED) is 0.781. The summed E-state index contributed by atoms with van der Waals surface area (Å²) in [6.45, 7) is 1.87. The number of aromatic nitrogens is 2. The average Bonchev–Trinajstić information content (AvgIpc) is 2.67. The van der Waals surface area contributed by atoms with Crippen LogP contribution in [0.3, 0.4) is 0 Å². The largest absolute Gasteiger partial charge is 0.370 e. The number of rotatable bonds is 5. The van der Waals surface area contributed by atoms with Crippen molar-refractivity contribution in [2.24, 2.45) is 0 Å². The molecule has 1 fully saturated rings. The molecule has 3 heterocycles. The molecule has 0 saturated carbocycles. The van der Waals surface area contributed by atoms with Crippen LogP contribution in [-0.4, -0.2) is 46.2 Å². The van der Waals surface area contributed by atoms with Crippen LogP contribution < -0.4 is 0 Å². The van der Waals surface area contributed by atoms with Crippen molar-refractivity contribution >= 4 is 17.7 Å². The maximum absolute atomic E-state index is 12.8. The van der Waals surface area contributed by atoms with E-state index in [2.05, 4.69) is 9.97 Å². The molecule has 0 bridgehead atoms. The van der Waals surface area contributed by atoms with Crippen LogP contribution in [0.4, 0.5) is 0 Å². The van der Waals surface area contributed by atoms with E-state index in [9.17, 15) is 4.79 Å². The third kappa shape index (κ3) is 4.13. The number of ether oxygens (including phenoxy) is 1. The Morgan fingerprint density at radius 3 is 2.96 bits per heavy atom. The summed E-state index contributed by atoms with van der Waals surface area (Å²) in [5.41, 5.74) is 1.59. The molecule has 0 radical (unpaired) electrons. The fourth-order valence-electron chi connectivity index (χ4n) is 2.83. The second-order valence-electron chi connectivity index (χ2n) is 5.71. The number of nitrogens with zero attached hydrogens (tertiary/aromatic N) is 3. The van der Waals surface area contributed by atoms with E-state index >= 15 is 0 Å². The zero-order chi connectivity index (χ0) is 16.8. The van der Waals surface area contributed by atoms with Gasteiger partial charge in [-0.05, 0) is 43.4 Å². The van der Waals surface area contributed by atoms with E-state index in [0.29, 0.717) is 18.7 Å². The molecule has 0 aromatic carbocycles. The van der Waals surface area contributed by atoms with E-state index < -0.39 is 0 Å². The summed E-state index contributed by atoms with van der Waals surface area (Å²) in [6, 6.07) is 9.45. The van der Waals surface area contributed by atoms with Gasteiger partial charge >= 0.3 is 0 Å². The molecule has 1 amide bonds. The highest BCUT2D eigenvalue weighted by atomic mass is 32.2. The molecule has 6 heteroatoms. The SMILES string of the molecule is CSc1ncccc1C(=O)N1CCCC(OCc2ccccn2)C1. The lowest BCUT2D eigenvalue weighted by molar-refractivity contribution is -0.00796. The minimum absolute atomic E-state index is 0.0404. The van der Waals surface area contributed by atoms with Crippen molar-refractivity contribution in [1.82, 2.24) is 14.9 Å². The molecule has 1 saturated heterocycles. The number of piperidine rings is 1. The predicted octanol–water partition coefficient (Wildman–Crippen LogP) is 3.02. The number of likely N-dealkylation sites (tertiary alicyclic amines) is 1. The Morgan fingerprint density at radius 2 is 2.17 bits per heavy atom. The van der Waals surface area contributed by atoms with E-state index in [1.54, 1.807) is 12.4 Å². The minimum Gasteiger partial charge on any atom is -0.370 e. The molecule has 2 aromatic rings. The molecule has 1 aliphatic heterocycles. The summed E-state index contributed by atoms with van der Waals surface area (Å²) >= 11 is 1.50.